The number of rotatable bonds is 5. The predicted molar refractivity (Wildman–Crippen MR) is 92.2 cm³/mol. The third-order valence-electron chi connectivity index (χ3n) is 4.96. The van der Waals surface area contributed by atoms with E-state index in [9.17, 15) is 0 Å². The monoisotopic (exact) mass is 353 g/mol. The highest BCUT2D eigenvalue weighted by atomic mass is 79.9. The smallest absolute Gasteiger partial charge is 0.0990 e. The molecule has 1 aromatic rings. The molecule has 2 N–H and O–H groups in total. The molecule has 1 aliphatic carbocycles. The van der Waals surface area contributed by atoms with Crippen molar-refractivity contribution in [2.24, 2.45) is 17.6 Å². The van der Waals surface area contributed by atoms with Crippen LogP contribution in [-0.4, -0.2) is 12.1 Å². The van der Waals surface area contributed by atoms with E-state index in [2.05, 4.69) is 54.9 Å². The van der Waals surface area contributed by atoms with E-state index in [4.69, 9.17) is 10.5 Å². The third kappa shape index (κ3) is 4.30. The molecular formula is C18H28BrNO. The Balaban J connectivity index is 2.13. The van der Waals surface area contributed by atoms with Gasteiger partial charge in [-0.15, -0.1) is 0 Å². The quantitative estimate of drug-likeness (QED) is 0.801. The van der Waals surface area contributed by atoms with Gasteiger partial charge in [-0.05, 0) is 49.1 Å². The van der Waals surface area contributed by atoms with Gasteiger partial charge in [0.25, 0.3) is 0 Å². The van der Waals surface area contributed by atoms with Gasteiger partial charge in [-0.25, -0.2) is 0 Å². The predicted octanol–water partition coefficient (Wildman–Crippen LogP) is 5.07. The van der Waals surface area contributed by atoms with Crippen LogP contribution in [0.1, 0.15) is 58.1 Å². The van der Waals surface area contributed by atoms with Gasteiger partial charge in [-0.2, -0.15) is 0 Å². The van der Waals surface area contributed by atoms with Gasteiger partial charge < -0.3 is 10.5 Å². The fourth-order valence-corrected chi connectivity index (χ4v) is 3.66. The topological polar surface area (TPSA) is 35.2 Å². The molecule has 0 radical (unpaired) electrons. The SMILES string of the molecule is CCC(N)C(OC1CCC(C)C(C)C1)c1ccccc1Br. The number of halogens is 1. The average molecular weight is 354 g/mol. The molecule has 0 amide bonds. The Bertz CT molecular complexity index is 451. The van der Waals surface area contributed by atoms with Crippen molar-refractivity contribution in [1.29, 1.82) is 0 Å². The zero-order chi connectivity index (χ0) is 15.4. The van der Waals surface area contributed by atoms with Crippen LogP contribution in [0.15, 0.2) is 28.7 Å². The lowest BCUT2D eigenvalue weighted by Gasteiger charge is -2.36. The zero-order valence-corrected chi connectivity index (χ0v) is 15.0. The molecule has 1 saturated carbocycles. The van der Waals surface area contributed by atoms with Gasteiger partial charge in [0.15, 0.2) is 0 Å². The fraction of sp³-hybridized carbons (Fsp3) is 0.667. The maximum Gasteiger partial charge on any atom is 0.0990 e. The van der Waals surface area contributed by atoms with E-state index in [0.717, 1.165) is 35.6 Å². The molecule has 5 atom stereocenters. The fourth-order valence-electron chi connectivity index (χ4n) is 3.15. The maximum absolute atomic E-state index is 6.47. The second-order valence-corrected chi connectivity index (χ2v) is 7.39. The van der Waals surface area contributed by atoms with Gasteiger partial charge in [0.05, 0.1) is 12.2 Å². The summed E-state index contributed by atoms with van der Waals surface area (Å²) in [5.41, 5.74) is 7.53. The first-order valence-electron chi connectivity index (χ1n) is 8.18. The number of benzene rings is 1. The molecule has 1 aliphatic rings. The lowest BCUT2D eigenvalue weighted by atomic mass is 9.80. The maximum atomic E-state index is 6.47. The molecule has 0 saturated heterocycles. The molecule has 5 unspecified atom stereocenters. The van der Waals surface area contributed by atoms with Gasteiger partial charge in [0.1, 0.15) is 0 Å². The van der Waals surface area contributed by atoms with Gasteiger partial charge >= 0.3 is 0 Å². The summed E-state index contributed by atoms with van der Waals surface area (Å²) < 4.78 is 7.57. The molecule has 0 spiro atoms. The largest absolute Gasteiger partial charge is 0.369 e. The zero-order valence-electron chi connectivity index (χ0n) is 13.4. The first-order valence-corrected chi connectivity index (χ1v) is 8.97. The minimum absolute atomic E-state index is 0.0174. The summed E-state index contributed by atoms with van der Waals surface area (Å²) in [6.45, 7) is 6.82. The Labute approximate surface area is 137 Å². The molecule has 0 heterocycles. The van der Waals surface area contributed by atoms with Crippen LogP contribution in [0.4, 0.5) is 0 Å². The summed E-state index contributed by atoms with van der Waals surface area (Å²) in [5.74, 6) is 1.55. The van der Waals surface area contributed by atoms with Gasteiger partial charge in [0, 0.05) is 10.5 Å². The summed E-state index contributed by atoms with van der Waals surface area (Å²) in [6.07, 6.45) is 4.81. The highest BCUT2D eigenvalue weighted by molar-refractivity contribution is 9.10. The second-order valence-electron chi connectivity index (χ2n) is 6.54. The van der Waals surface area contributed by atoms with Crippen molar-refractivity contribution in [1.82, 2.24) is 0 Å². The molecule has 118 valence electrons. The van der Waals surface area contributed by atoms with Crippen molar-refractivity contribution >= 4 is 15.9 Å². The van der Waals surface area contributed by atoms with Crippen LogP contribution in [0.5, 0.6) is 0 Å². The lowest BCUT2D eigenvalue weighted by Crippen LogP contribution is -2.35. The summed E-state index contributed by atoms with van der Waals surface area (Å²) in [7, 11) is 0. The van der Waals surface area contributed by atoms with Gasteiger partial charge in [-0.3, -0.25) is 0 Å². The standard InChI is InChI=1S/C18H28BrNO/c1-4-17(20)18(15-7-5-6-8-16(15)19)21-14-10-9-12(2)13(3)11-14/h5-8,12-14,17-18H,4,9-11,20H2,1-3H3. The van der Waals surface area contributed by atoms with Crippen molar-refractivity contribution in [2.75, 3.05) is 0 Å². The molecular weight excluding hydrogens is 326 g/mol. The molecule has 0 aliphatic heterocycles. The van der Waals surface area contributed by atoms with Crippen LogP contribution >= 0.6 is 15.9 Å². The first kappa shape index (κ1) is 17.0. The molecule has 0 bridgehead atoms. The van der Waals surface area contributed by atoms with Crippen molar-refractivity contribution in [3.8, 4) is 0 Å². The summed E-state index contributed by atoms with van der Waals surface area (Å²) in [5, 5.41) is 0. The van der Waals surface area contributed by atoms with E-state index in [1.807, 2.05) is 6.07 Å². The molecule has 21 heavy (non-hydrogen) atoms. The van der Waals surface area contributed by atoms with Crippen LogP contribution < -0.4 is 5.73 Å². The Kier molecular flexibility index (Phi) is 6.27. The Hall–Kier alpha value is -0.380. The van der Waals surface area contributed by atoms with Crippen LogP contribution in [0.2, 0.25) is 0 Å². The first-order chi connectivity index (χ1) is 10.0. The molecule has 1 fully saturated rings. The second kappa shape index (κ2) is 7.75. The van der Waals surface area contributed by atoms with E-state index < -0.39 is 0 Å². The molecule has 3 heteroatoms. The molecule has 2 nitrogen and oxygen atoms in total. The molecule has 1 aromatic carbocycles. The normalized spacial score (nSPS) is 29.1. The van der Waals surface area contributed by atoms with E-state index in [0.29, 0.717) is 6.10 Å². The average Bonchev–Trinajstić information content (AvgIpc) is 2.48. The number of hydrogen-bond donors (Lipinski definition) is 1. The Morgan fingerprint density at radius 3 is 2.57 bits per heavy atom. The van der Waals surface area contributed by atoms with E-state index >= 15 is 0 Å². The molecule has 0 aromatic heterocycles. The van der Waals surface area contributed by atoms with E-state index in [1.54, 1.807) is 0 Å². The molecule has 2 rings (SSSR count). The summed E-state index contributed by atoms with van der Waals surface area (Å²) >= 11 is 3.65. The Morgan fingerprint density at radius 2 is 1.95 bits per heavy atom. The van der Waals surface area contributed by atoms with Crippen LogP contribution in [0.25, 0.3) is 0 Å². The number of nitrogens with two attached hydrogens (primary N) is 1. The summed E-state index contributed by atoms with van der Waals surface area (Å²) in [6, 6.07) is 8.33. The summed E-state index contributed by atoms with van der Waals surface area (Å²) in [4.78, 5) is 0. The van der Waals surface area contributed by atoms with Gasteiger partial charge in [-0.1, -0.05) is 54.9 Å². The van der Waals surface area contributed by atoms with E-state index in [-0.39, 0.29) is 12.1 Å². The van der Waals surface area contributed by atoms with Crippen LogP contribution in [0.3, 0.4) is 0 Å². The number of hydrogen-bond acceptors (Lipinski definition) is 2. The van der Waals surface area contributed by atoms with Gasteiger partial charge in [0.2, 0.25) is 0 Å². The van der Waals surface area contributed by atoms with Crippen molar-refractivity contribution in [3.05, 3.63) is 34.3 Å². The minimum Gasteiger partial charge on any atom is -0.369 e. The van der Waals surface area contributed by atoms with E-state index in [1.165, 1.54) is 12.0 Å². The Morgan fingerprint density at radius 1 is 1.24 bits per heavy atom. The van der Waals surface area contributed by atoms with Crippen molar-refractivity contribution < 1.29 is 4.74 Å². The highest BCUT2D eigenvalue weighted by Gasteiger charge is 2.30. The lowest BCUT2D eigenvalue weighted by molar-refractivity contribution is -0.0597. The van der Waals surface area contributed by atoms with Crippen LogP contribution in [-0.2, 0) is 4.74 Å². The van der Waals surface area contributed by atoms with Crippen LogP contribution in [0, 0.1) is 11.8 Å². The number of ether oxygens (including phenoxy) is 1. The highest BCUT2D eigenvalue weighted by Crippen LogP contribution is 2.36. The van der Waals surface area contributed by atoms with Crippen molar-refractivity contribution in [2.45, 2.75) is 64.7 Å². The third-order valence-corrected chi connectivity index (χ3v) is 5.68. The van der Waals surface area contributed by atoms with Crippen molar-refractivity contribution in [3.63, 3.8) is 0 Å². The minimum atomic E-state index is -0.0174.